The summed E-state index contributed by atoms with van der Waals surface area (Å²) in [4.78, 5) is 58.6. The molecule has 9 nitrogen and oxygen atoms in total. The number of esters is 2. The molecule has 0 radical (unpaired) electrons. The molecule has 2 aliphatic rings. The molecule has 0 spiro atoms. The van der Waals surface area contributed by atoms with Crippen LogP contribution in [0.15, 0.2) is 69.6 Å². The smallest absolute Gasteiger partial charge is 0.338 e. The lowest BCUT2D eigenvalue weighted by Gasteiger charge is -2.24. The first kappa shape index (κ1) is 25.3. The number of likely N-dealkylation sites (N-methyl/N-ethyl adjacent to an activating group) is 1. The van der Waals surface area contributed by atoms with Gasteiger partial charge in [-0.05, 0) is 44.5 Å². The van der Waals surface area contributed by atoms with Crippen molar-refractivity contribution in [3.63, 3.8) is 0 Å². The van der Waals surface area contributed by atoms with Crippen LogP contribution < -0.4 is 24.5 Å². The molecule has 0 aliphatic carbocycles. The van der Waals surface area contributed by atoms with Crippen LogP contribution in [-0.2, 0) is 19.1 Å². The molecule has 0 fully saturated rings. The maximum Gasteiger partial charge on any atom is 0.338 e. The lowest BCUT2D eigenvalue weighted by molar-refractivity contribution is -0.139. The zero-order valence-corrected chi connectivity index (χ0v) is 22.1. The summed E-state index contributed by atoms with van der Waals surface area (Å²) < 4.78 is 12.2. The molecular weight excluding hydrogens is 506 g/mol. The molecule has 0 N–H and O–H groups in total. The second-order valence-electron chi connectivity index (χ2n) is 8.73. The Morgan fingerprint density at radius 3 is 2.42 bits per heavy atom. The fourth-order valence-electron chi connectivity index (χ4n) is 4.85. The van der Waals surface area contributed by atoms with Crippen LogP contribution in [0.5, 0.6) is 5.75 Å². The molecule has 3 aromatic rings. The topological polar surface area (TPSA) is 107 Å². The first-order valence-electron chi connectivity index (χ1n) is 12.2. The van der Waals surface area contributed by atoms with Gasteiger partial charge in [0.15, 0.2) is 4.80 Å². The molecule has 194 valence electrons. The number of hydrogen-bond acceptors (Lipinski definition) is 8. The van der Waals surface area contributed by atoms with Crippen molar-refractivity contribution in [1.82, 2.24) is 4.57 Å². The number of thiazole rings is 1. The van der Waals surface area contributed by atoms with Crippen molar-refractivity contribution in [1.29, 1.82) is 0 Å². The quantitative estimate of drug-likeness (QED) is 0.370. The number of rotatable bonds is 5. The maximum absolute atomic E-state index is 14.1. The highest BCUT2D eigenvalue weighted by Crippen LogP contribution is 2.35. The average Bonchev–Trinajstić information content (AvgIpc) is 3.35. The fraction of sp³-hybridized carbons (Fsp3) is 0.250. The zero-order chi connectivity index (χ0) is 27.1. The molecule has 0 saturated heterocycles. The van der Waals surface area contributed by atoms with E-state index in [0.29, 0.717) is 39.5 Å². The minimum atomic E-state index is -0.847. The van der Waals surface area contributed by atoms with E-state index in [2.05, 4.69) is 4.99 Å². The van der Waals surface area contributed by atoms with Crippen molar-refractivity contribution in [2.75, 3.05) is 18.1 Å². The van der Waals surface area contributed by atoms with Crippen molar-refractivity contribution in [2.24, 2.45) is 4.99 Å². The van der Waals surface area contributed by atoms with Gasteiger partial charge in [0, 0.05) is 19.0 Å². The number of para-hydroxylation sites is 1. The summed E-state index contributed by atoms with van der Waals surface area (Å²) >= 11 is 1.12. The highest BCUT2D eigenvalue weighted by molar-refractivity contribution is 7.07. The lowest BCUT2D eigenvalue weighted by Crippen LogP contribution is -2.41. The molecule has 1 amide bonds. The minimum Gasteiger partial charge on any atom is -0.463 e. The summed E-state index contributed by atoms with van der Waals surface area (Å²) in [5.74, 6) is -0.956. The van der Waals surface area contributed by atoms with E-state index in [9.17, 15) is 19.2 Å². The van der Waals surface area contributed by atoms with Crippen LogP contribution in [0.1, 0.15) is 44.9 Å². The Labute approximate surface area is 221 Å². The Kier molecular flexibility index (Phi) is 6.58. The fourth-order valence-corrected chi connectivity index (χ4v) is 5.99. The van der Waals surface area contributed by atoms with Crippen LogP contribution in [0.4, 0.5) is 5.69 Å². The van der Waals surface area contributed by atoms with Gasteiger partial charge in [-0.15, -0.1) is 0 Å². The van der Waals surface area contributed by atoms with Crippen LogP contribution in [-0.4, -0.2) is 35.6 Å². The Hall–Kier alpha value is -4.31. The molecule has 2 aliphatic heterocycles. The molecule has 3 heterocycles. The number of allylic oxidation sites excluding steroid dienone is 1. The second-order valence-corrected chi connectivity index (χ2v) is 9.70. The Morgan fingerprint density at radius 1 is 1.05 bits per heavy atom. The standard InChI is InChI=1S/C28H25N3O6S/c1-5-30-20-10-8-7-9-19(20)22(25(30)33)24-26(34)31-23(17-11-13-18(14-12-17)37-16(4)32)21(27(35)36-6-2)15(3)29-28(31)38-24/h7-14,23H,5-6H2,1-4H3. The number of fused-ring (bicyclic) bond motifs is 2. The van der Waals surface area contributed by atoms with E-state index in [1.54, 1.807) is 43.0 Å². The molecule has 1 atom stereocenters. The zero-order valence-electron chi connectivity index (χ0n) is 21.3. The number of nitrogens with zero attached hydrogens (tertiary/aromatic N) is 3. The number of carbonyl (C=O) groups excluding carboxylic acids is 3. The van der Waals surface area contributed by atoms with Gasteiger partial charge >= 0.3 is 11.9 Å². The van der Waals surface area contributed by atoms with Crippen molar-refractivity contribution < 1.29 is 23.9 Å². The predicted molar refractivity (Wildman–Crippen MR) is 142 cm³/mol. The number of hydrogen-bond donors (Lipinski definition) is 0. The largest absolute Gasteiger partial charge is 0.463 e. The van der Waals surface area contributed by atoms with Gasteiger partial charge in [0.05, 0.1) is 35.2 Å². The number of amides is 1. The average molecular weight is 532 g/mol. The van der Waals surface area contributed by atoms with E-state index in [-0.39, 0.29) is 22.6 Å². The number of benzene rings is 2. The van der Waals surface area contributed by atoms with Crippen molar-refractivity contribution in [3.8, 4) is 5.75 Å². The summed E-state index contributed by atoms with van der Waals surface area (Å²) in [5, 5.41) is 0. The molecule has 2 aromatic carbocycles. The molecular formula is C28H25N3O6S. The van der Waals surface area contributed by atoms with E-state index >= 15 is 0 Å². The summed E-state index contributed by atoms with van der Waals surface area (Å²) in [6.45, 7) is 7.20. The van der Waals surface area contributed by atoms with Crippen LogP contribution in [0.25, 0.3) is 5.57 Å². The number of ether oxygens (including phenoxy) is 2. The minimum absolute atomic E-state index is 0.153. The first-order chi connectivity index (χ1) is 18.3. The molecule has 1 unspecified atom stereocenters. The van der Waals surface area contributed by atoms with E-state index in [0.717, 1.165) is 17.0 Å². The third kappa shape index (κ3) is 4.06. The van der Waals surface area contributed by atoms with E-state index in [1.165, 1.54) is 11.5 Å². The SMILES string of the molecule is CCOC(=O)C1=C(C)N=c2sc(=C3C(=O)N(CC)c4ccccc43)c(=O)n2C1c1ccc(OC(C)=O)cc1. The Balaban J connectivity index is 1.77. The highest BCUT2D eigenvalue weighted by Gasteiger charge is 2.36. The molecule has 0 saturated carbocycles. The normalized spacial score (nSPS) is 17.6. The van der Waals surface area contributed by atoms with Crippen molar-refractivity contribution >= 4 is 40.4 Å². The first-order valence-corrected chi connectivity index (χ1v) is 13.0. The molecule has 38 heavy (non-hydrogen) atoms. The second kappa shape index (κ2) is 9.86. The van der Waals surface area contributed by atoms with Gasteiger partial charge in [0.1, 0.15) is 10.3 Å². The molecule has 5 rings (SSSR count). The van der Waals surface area contributed by atoms with Crippen molar-refractivity contribution in [3.05, 3.63) is 90.6 Å². The predicted octanol–water partition coefficient (Wildman–Crippen LogP) is 2.46. The van der Waals surface area contributed by atoms with Gasteiger partial charge in [-0.3, -0.25) is 19.0 Å². The van der Waals surface area contributed by atoms with Crippen LogP contribution in [0.2, 0.25) is 0 Å². The van der Waals surface area contributed by atoms with Gasteiger partial charge in [0.25, 0.3) is 11.5 Å². The van der Waals surface area contributed by atoms with E-state index in [4.69, 9.17) is 9.47 Å². The monoisotopic (exact) mass is 531 g/mol. The van der Waals surface area contributed by atoms with Gasteiger partial charge in [-0.2, -0.15) is 0 Å². The van der Waals surface area contributed by atoms with Crippen LogP contribution in [0.3, 0.4) is 0 Å². The van der Waals surface area contributed by atoms with Crippen LogP contribution >= 0.6 is 11.3 Å². The summed E-state index contributed by atoms with van der Waals surface area (Å²) in [5.41, 5.74) is 2.59. The van der Waals surface area contributed by atoms with Crippen molar-refractivity contribution in [2.45, 2.75) is 33.7 Å². The van der Waals surface area contributed by atoms with Gasteiger partial charge in [-0.25, -0.2) is 9.79 Å². The van der Waals surface area contributed by atoms with E-state index < -0.39 is 23.5 Å². The Morgan fingerprint density at radius 2 is 1.76 bits per heavy atom. The number of anilines is 1. The lowest BCUT2D eigenvalue weighted by atomic mass is 9.96. The van der Waals surface area contributed by atoms with Gasteiger partial charge in [0.2, 0.25) is 0 Å². The summed E-state index contributed by atoms with van der Waals surface area (Å²) in [7, 11) is 0. The van der Waals surface area contributed by atoms with Gasteiger partial charge < -0.3 is 14.4 Å². The van der Waals surface area contributed by atoms with E-state index in [1.807, 2.05) is 31.2 Å². The highest BCUT2D eigenvalue weighted by atomic mass is 32.1. The number of carbonyl (C=O) groups is 3. The molecule has 10 heteroatoms. The third-order valence-corrected chi connectivity index (χ3v) is 7.47. The maximum atomic E-state index is 14.1. The molecule has 1 aromatic heterocycles. The summed E-state index contributed by atoms with van der Waals surface area (Å²) in [6.07, 6.45) is 0. The van der Waals surface area contributed by atoms with Gasteiger partial charge in [-0.1, -0.05) is 41.7 Å². The Bertz CT molecular complexity index is 1700. The number of aromatic nitrogens is 1. The third-order valence-electron chi connectivity index (χ3n) is 6.42. The molecule has 0 bridgehead atoms. The van der Waals surface area contributed by atoms with Crippen LogP contribution in [0, 0.1) is 0 Å². The summed E-state index contributed by atoms with van der Waals surface area (Å²) in [6, 6.07) is 13.1.